The van der Waals surface area contributed by atoms with Gasteiger partial charge in [0, 0.05) is 49.8 Å². The Hall–Kier alpha value is -0.710. The third kappa shape index (κ3) is 3.44. The molecule has 1 aromatic rings. The summed E-state index contributed by atoms with van der Waals surface area (Å²) in [6.07, 6.45) is 10.8. The van der Waals surface area contributed by atoms with Gasteiger partial charge in [-0.3, -0.25) is 9.80 Å². The smallest absolute Gasteiger partial charge is 0.0897 e. The second-order valence-corrected chi connectivity index (χ2v) is 6.90. The van der Waals surface area contributed by atoms with Gasteiger partial charge in [-0.05, 0) is 26.2 Å². The molecule has 0 saturated carbocycles. The number of hydrogen-bond donors (Lipinski definition) is 0. The van der Waals surface area contributed by atoms with Crippen LogP contribution in [0.2, 0.25) is 0 Å². The summed E-state index contributed by atoms with van der Waals surface area (Å²) in [5, 5.41) is 1.18. The van der Waals surface area contributed by atoms with E-state index in [1.165, 1.54) is 55.3 Å². The maximum Gasteiger partial charge on any atom is 0.0897 e. The van der Waals surface area contributed by atoms with Crippen molar-refractivity contribution in [3.8, 4) is 0 Å². The van der Waals surface area contributed by atoms with E-state index in [2.05, 4.69) is 33.9 Å². The van der Waals surface area contributed by atoms with E-state index in [9.17, 15) is 0 Å². The van der Waals surface area contributed by atoms with Gasteiger partial charge < -0.3 is 0 Å². The molecule has 4 heteroatoms. The van der Waals surface area contributed by atoms with Gasteiger partial charge in [-0.15, -0.1) is 11.3 Å². The normalized spacial score (nSPS) is 25.8. The average molecular weight is 277 g/mol. The number of rotatable bonds is 3. The van der Waals surface area contributed by atoms with E-state index >= 15 is 0 Å². The monoisotopic (exact) mass is 277 g/mol. The molecule has 3 rings (SSSR count). The van der Waals surface area contributed by atoms with Crippen LogP contribution in [0.15, 0.2) is 18.3 Å². The Balaban J connectivity index is 1.49. The van der Waals surface area contributed by atoms with Crippen molar-refractivity contribution in [2.75, 3.05) is 26.2 Å². The molecule has 0 aromatic carbocycles. The van der Waals surface area contributed by atoms with Crippen LogP contribution in [0.4, 0.5) is 0 Å². The SMILES string of the molecule is Cc1ncc(CN2CCN([C@H]3C=CCCC3)CC2)s1. The first-order valence-corrected chi connectivity index (χ1v) is 8.17. The minimum Gasteiger partial charge on any atom is -0.296 e. The molecule has 0 amide bonds. The zero-order valence-corrected chi connectivity index (χ0v) is 12.5. The number of aryl methyl sites for hydroxylation is 1. The summed E-state index contributed by atoms with van der Waals surface area (Å²) in [7, 11) is 0. The Morgan fingerprint density at radius 1 is 1.32 bits per heavy atom. The molecule has 104 valence electrons. The summed E-state index contributed by atoms with van der Waals surface area (Å²) in [4.78, 5) is 11.0. The van der Waals surface area contributed by atoms with Gasteiger partial charge >= 0.3 is 0 Å². The largest absolute Gasteiger partial charge is 0.296 e. The van der Waals surface area contributed by atoms with Crippen LogP contribution in [0.25, 0.3) is 0 Å². The van der Waals surface area contributed by atoms with Crippen molar-refractivity contribution in [2.45, 2.75) is 38.8 Å². The molecule has 0 N–H and O–H groups in total. The fourth-order valence-corrected chi connectivity index (χ4v) is 3.89. The molecule has 2 heterocycles. The van der Waals surface area contributed by atoms with Crippen LogP contribution < -0.4 is 0 Å². The van der Waals surface area contributed by atoms with Crippen LogP contribution >= 0.6 is 11.3 Å². The highest BCUT2D eigenvalue weighted by atomic mass is 32.1. The molecule has 1 fully saturated rings. The molecular weight excluding hydrogens is 254 g/mol. The van der Waals surface area contributed by atoms with Crippen LogP contribution in [0.1, 0.15) is 29.1 Å². The maximum atomic E-state index is 4.34. The van der Waals surface area contributed by atoms with Crippen LogP contribution in [-0.2, 0) is 6.54 Å². The van der Waals surface area contributed by atoms with E-state index in [0.29, 0.717) is 6.04 Å². The third-order valence-electron chi connectivity index (χ3n) is 4.15. The molecule has 0 spiro atoms. The molecule has 0 radical (unpaired) electrons. The first kappa shape index (κ1) is 13.3. The molecule has 1 aliphatic carbocycles. The number of aromatic nitrogens is 1. The summed E-state index contributed by atoms with van der Waals surface area (Å²) in [5.41, 5.74) is 0. The summed E-state index contributed by atoms with van der Waals surface area (Å²) in [6, 6.07) is 0.710. The fourth-order valence-electron chi connectivity index (χ4n) is 3.05. The molecule has 19 heavy (non-hydrogen) atoms. The van der Waals surface area contributed by atoms with Crippen molar-refractivity contribution in [1.82, 2.24) is 14.8 Å². The molecule has 1 atom stereocenters. The van der Waals surface area contributed by atoms with Crippen molar-refractivity contribution < 1.29 is 0 Å². The maximum absolute atomic E-state index is 4.34. The minimum atomic E-state index is 0.710. The molecule has 0 bridgehead atoms. The van der Waals surface area contributed by atoms with Gasteiger partial charge in [0.1, 0.15) is 0 Å². The molecule has 1 aromatic heterocycles. The van der Waals surface area contributed by atoms with E-state index in [0.717, 1.165) is 6.54 Å². The van der Waals surface area contributed by atoms with Gasteiger partial charge in [0.15, 0.2) is 0 Å². The standard InChI is InChI=1S/C15H23N3S/c1-13-16-11-15(19-13)12-17-7-9-18(10-8-17)14-5-3-2-4-6-14/h3,5,11,14H,2,4,6-10,12H2,1H3/t14-/m0/s1. The second-order valence-electron chi connectivity index (χ2n) is 5.58. The lowest BCUT2D eigenvalue weighted by molar-refractivity contribution is 0.102. The summed E-state index contributed by atoms with van der Waals surface area (Å²) in [5.74, 6) is 0. The highest BCUT2D eigenvalue weighted by molar-refractivity contribution is 7.11. The van der Waals surface area contributed by atoms with Gasteiger partial charge in [0.25, 0.3) is 0 Å². The first-order chi connectivity index (χ1) is 9.31. The van der Waals surface area contributed by atoms with Crippen molar-refractivity contribution in [3.05, 3.63) is 28.2 Å². The number of thiazole rings is 1. The quantitative estimate of drug-likeness (QED) is 0.792. The summed E-state index contributed by atoms with van der Waals surface area (Å²) in [6.45, 7) is 7.99. The van der Waals surface area contributed by atoms with Gasteiger partial charge in [0.05, 0.1) is 5.01 Å². The van der Waals surface area contributed by atoms with E-state index in [4.69, 9.17) is 0 Å². The molecule has 1 saturated heterocycles. The zero-order chi connectivity index (χ0) is 13.1. The Morgan fingerprint density at radius 3 is 2.79 bits per heavy atom. The third-order valence-corrected chi connectivity index (χ3v) is 5.05. The lowest BCUT2D eigenvalue weighted by Gasteiger charge is -2.39. The summed E-state index contributed by atoms with van der Waals surface area (Å²) >= 11 is 1.83. The van der Waals surface area contributed by atoms with E-state index in [1.807, 2.05) is 17.5 Å². The van der Waals surface area contributed by atoms with Crippen LogP contribution in [0.3, 0.4) is 0 Å². The molecule has 3 nitrogen and oxygen atoms in total. The van der Waals surface area contributed by atoms with Crippen molar-refractivity contribution in [3.63, 3.8) is 0 Å². The van der Waals surface area contributed by atoms with Crippen LogP contribution in [0, 0.1) is 6.92 Å². The number of piperazine rings is 1. The summed E-state index contributed by atoms with van der Waals surface area (Å²) < 4.78 is 0. The number of nitrogens with zero attached hydrogens (tertiary/aromatic N) is 3. The molecular formula is C15H23N3S. The highest BCUT2D eigenvalue weighted by Crippen LogP contribution is 2.20. The number of hydrogen-bond acceptors (Lipinski definition) is 4. The van der Waals surface area contributed by atoms with E-state index in [-0.39, 0.29) is 0 Å². The molecule has 0 unspecified atom stereocenters. The van der Waals surface area contributed by atoms with Gasteiger partial charge in [-0.1, -0.05) is 12.2 Å². The minimum absolute atomic E-state index is 0.710. The number of allylic oxidation sites excluding steroid dienone is 1. The molecule has 1 aliphatic heterocycles. The van der Waals surface area contributed by atoms with E-state index in [1.54, 1.807) is 0 Å². The van der Waals surface area contributed by atoms with Gasteiger partial charge in [-0.25, -0.2) is 4.98 Å². The van der Waals surface area contributed by atoms with Crippen molar-refractivity contribution in [2.24, 2.45) is 0 Å². The highest BCUT2D eigenvalue weighted by Gasteiger charge is 2.23. The van der Waals surface area contributed by atoms with Crippen LogP contribution in [0.5, 0.6) is 0 Å². The van der Waals surface area contributed by atoms with Crippen LogP contribution in [-0.4, -0.2) is 47.0 Å². The van der Waals surface area contributed by atoms with Gasteiger partial charge in [0.2, 0.25) is 0 Å². The predicted molar refractivity (Wildman–Crippen MR) is 80.5 cm³/mol. The van der Waals surface area contributed by atoms with Crippen molar-refractivity contribution in [1.29, 1.82) is 0 Å². The lowest BCUT2D eigenvalue weighted by Crippen LogP contribution is -2.49. The predicted octanol–water partition coefficient (Wildman–Crippen LogP) is 2.68. The fraction of sp³-hybridized carbons (Fsp3) is 0.667. The average Bonchev–Trinajstić information content (AvgIpc) is 2.86. The first-order valence-electron chi connectivity index (χ1n) is 7.35. The van der Waals surface area contributed by atoms with E-state index < -0.39 is 0 Å². The zero-order valence-electron chi connectivity index (χ0n) is 11.7. The Kier molecular flexibility index (Phi) is 4.31. The van der Waals surface area contributed by atoms with Gasteiger partial charge in [-0.2, -0.15) is 0 Å². The topological polar surface area (TPSA) is 19.4 Å². The Morgan fingerprint density at radius 2 is 2.16 bits per heavy atom. The lowest BCUT2D eigenvalue weighted by atomic mass is 10.0. The van der Waals surface area contributed by atoms with Crippen molar-refractivity contribution >= 4 is 11.3 Å². The second kappa shape index (κ2) is 6.16. The Labute approximate surface area is 119 Å². The molecule has 2 aliphatic rings. The Bertz CT molecular complexity index is 432.